The molecule has 0 atom stereocenters. The van der Waals surface area contributed by atoms with Gasteiger partial charge in [-0.1, -0.05) is 34.1 Å². The fourth-order valence-corrected chi connectivity index (χ4v) is 2.34. The van der Waals surface area contributed by atoms with Gasteiger partial charge in [0.15, 0.2) is 0 Å². The van der Waals surface area contributed by atoms with E-state index >= 15 is 0 Å². The molecule has 3 rings (SSSR count). The predicted molar refractivity (Wildman–Crippen MR) is 71.3 cm³/mol. The molecule has 1 saturated carbocycles. The van der Waals surface area contributed by atoms with E-state index in [1.807, 2.05) is 12.1 Å². The molecule has 18 heavy (non-hydrogen) atoms. The van der Waals surface area contributed by atoms with Crippen LogP contribution in [0.2, 0.25) is 5.02 Å². The smallest absolute Gasteiger partial charge is 0.299 e. The van der Waals surface area contributed by atoms with Crippen molar-refractivity contribution in [2.75, 3.05) is 0 Å². The first-order valence-electron chi connectivity index (χ1n) is 5.79. The van der Waals surface area contributed by atoms with E-state index in [4.69, 9.17) is 16.3 Å². The highest BCUT2D eigenvalue weighted by molar-refractivity contribution is 7.13. The summed E-state index contributed by atoms with van der Waals surface area (Å²) in [5.74, 6) is 0.681. The van der Waals surface area contributed by atoms with Crippen LogP contribution in [0, 0.1) is 0 Å². The van der Waals surface area contributed by atoms with Gasteiger partial charge in [-0.2, -0.15) is 0 Å². The van der Waals surface area contributed by atoms with Gasteiger partial charge in [-0.25, -0.2) is 0 Å². The predicted octanol–water partition coefficient (Wildman–Crippen LogP) is 3.24. The minimum atomic E-state index is 0.546. The zero-order valence-corrected chi connectivity index (χ0v) is 11.2. The van der Waals surface area contributed by atoms with E-state index in [1.54, 1.807) is 12.1 Å². The third-order valence-corrected chi connectivity index (χ3v) is 3.61. The number of halogens is 1. The first-order valence-corrected chi connectivity index (χ1v) is 6.98. The lowest BCUT2D eigenvalue weighted by atomic mass is 10.3. The number of rotatable bonds is 5. The van der Waals surface area contributed by atoms with Crippen LogP contribution in [0.5, 0.6) is 10.9 Å². The Labute approximate surface area is 114 Å². The van der Waals surface area contributed by atoms with Gasteiger partial charge in [-0.3, -0.25) is 0 Å². The highest BCUT2D eigenvalue weighted by Gasteiger charge is 2.20. The number of ether oxygens (including phenoxy) is 1. The molecule has 1 aliphatic carbocycles. The van der Waals surface area contributed by atoms with Crippen LogP contribution in [0.15, 0.2) is 24.3 Å². The summed E-state index contributed by atoms with van der Waals surface area (Å²) in [5.41, 5.74) is 0. The maximum absolute atomic E-state index is 5.89. The number of aromatic nitrogens is 2. The molecular formula is C12H12ClN3OS. The third-order valence-electron chi connectivity index (χ3n) is 2.57. The van der Waals surface area contributed by atoms with Crippen LogP contribution in [-0.4, -0.2) is 16.2 Å². The average molecular weight is 282 g/mol. The Hall–Kier alpha value is -1.17. The lowest BCUT2D eigenvalue weighted by Crippen LogP contribution is -2.14. The highest BCUT2D eigenvalue weighted by Crippen LogP contribution is 2.27. The van der Waals surface area contributed by atoms with Crippen molar-refractivity contribution in [3.05, 3.63) is 34.3 Å². The summed E-state index contributed by atoms with van der Waals surface area (Å²) in [6.07, 6.45) is 2.54. The Morgan fingerprint density at radius 2 is 2.28 bits per heavy atom. The second kappa shape index (κ2) is 5.22. The minimum absolute atomic E-state index is 0.546. The second-order valence-electron chi connectivity index (χ2n) is 4.18. The molecule has 0 saturated heterocycles. The Morgan fingerprint density at radius 1 is 1.39 bits per heavy atom. The summed E-state index contributed by atoms with van der Waals surface area (Å²) in [6, 6.07) is 7.92. The summed E-state index contributed by atoms with van der Waals surface area (Å²) in [5, 5.41) is 13.6. The van der Waals surface area contributed by atoms with E-state index in [0.717, 1.165) is 11.6 Å². The topological polar surface area (TPSA) is 47.0 Å². The fourth-order valence-electron chi connectivity index (χ4n) is 1.50. The minimum Gasteiger partial charge on any atom is -0.430 e. The van der Waals surface area contributed by atoms with Crippen molar-refractivity contribution >= 4 is 22.9 Å². The van der Waals surface area contributed by atoms with E-state index in [9.17, 15) is 0 Å². The van der Waals surface area contributed by atoms with Gasteiger partial charge in [-0.05, 0) is 31.0 Å². The molecule has 1 heterocycles. The van der Waals surface area contributed by atoms with Crippen LogP contribution in [0.25, 0.3) is 0 Å². The summed E-state index contributed by atoms with van der Waals surface area (Å²) in [7, 11) is 0. The first-order chi connectivity index (χ1) is 8.79. The fraction of sp³-hybridized carbons (Fsp3) is 0.333. The lowest BCUT2D eigenvalue weighted by Gasteiger charge is -2.00. The summed E-state index contributed by atoms with van der Waals surface area (Å²) in [6.45, 7) is 0.765. The number of nitrogens with zero attached hydrogens (tertiary/aromatic N) is 2. The normalized spacial score (nSPS) is 14.7. The largest absolute Gasteiger partial charge is 0.430 e. The van der Waals surface area contributed by atoms with Gasteiger partial charge in [-0.15, -0.1) is 5.10 Å². The molecule has 94 valence electrons. The van der Waals surface area contributed by atoms with Crippen LogP contribution in [0.1, 0.15) is 17.8 Å². The molecule has 1 aromatic heterocycles. The van der Waals surface area contributed by atoms with Gasteiger partial charge in [0, 0.05) is 11.1 Å². The van der Waals surface area contributed by atoms with E-state index in [1.165, 1.54) is 24.2 Å². The number of nitrogens with one attached hydrogen (secondary N) is 1. The van der Waals surface area contributed by atoms with Crippen molar-refractivity contribution in [1.29, 1.82) is 0 Å². The van der Waals surface area contributed by atoms with E-state index in [2.05, 4.69) is 15.5 Å². The zero-order chi connectivity index (χ0) is 12.4. The molecule has 4 nitrogen and oxygen atoms in total. The molecule has 1 aliphatic rings. The molecule has 0 unspecified atom stereocenters. The molecule has 0 bridgehead atoms. The van der Waals surface area contributed by atoms with Crippen molar-refractivity contribution in [3.63, 3.8) is 0 Å². The Balaban J connectivity index is 1.61. The van der Waals surface area contributed by atoms with E-state index < -0.39 is 0 Å². The summed E-state index contributed by atoms with van der Waals surface area (Å²) >= 11 is 7.34. The first kappa shape index (κ1) is 11.9. The molecule has 6 heteroatoms. The molecule has 1 fully saturated rings. The molecule has 0 radical (unpaired) electrons. The molecule has 0 aliphatic heterocycles. The van der Waals surface area contributed by atoms with Crippen LogP contribution >= 0.6 is 22.9 Å². The maximum Gasteiger partial charge on any atom is 0.299 e. The third kappa shape index (κ3) is 3.19. The second-order valence-corrected chi connectivity index (χ2v) is 5.64. The zero-order valence-electron chi connectivity index (χ0n) is 9.60. The molecule has 1 N–H and O–H groups in total. The van der Waals surface area contributed by atoms with Gasteiger partial charge in [0.05, 0.1) is 6.54 Å². The van der Waals surface area contributed by atoms with Crippen molar-refractivity contribution in [1.82, 2.24) is 15.5 Å². The van der Waals surface area contributed by atoms with Gasteiger partial charge in [0.1, 0.15) is 10.8 Å². The molecule has 2 aromatic rings. The number of hydrogen-bond donors (Lipinski definition) is 1. The quantitative estimate of drug-likeness (QED) is 0.914. The molecule has 0 amide bonds. The van der Waals surface area contributed by atoms with E-state index in [-0.39, 0.29) is 0 Å². The van der Waals surface area contributed by atoms with Crippen molar-refractivity contribution < 1.29 is 4.74 Å². The van der Waals surface area contributed by atoms with Crippen LogP contribution in [0.3, 0.4) is 0 Å². The Kier molecular flexibility index (Phi) is 3.45. The monoisotopic (exact) mass is 281 g/mol. The molecule has 0 spiro atoms. The summed E-state index contributed by atoms with van der Waals surface area (Å²) in [4.78, 5) is 0. The van der Waals surface area contributed by atoms with Crippen LogP contribution in [-0.2, 0) is 6.54 Å². The van der Waals surface area contributed by atoms with Gasteiger partial charge in [0.25, 0.3) is 5.19 Å². The van der Waals surface area contributed by atoms with Crippen molar-refractivity contribution in [2.24, 2.45) is 0 Å². The maximum atomic E-state index is 5.89. The molecular weight excluding hydrogens is 270 g/mol. The highest BCUT2D eigenvalue weighted by atomic mass is 35.5. The van der Waals surface area contributed by atoms with Crippen LogP contribution in [0.4, 0.5) is 0 Å². The van der Waals surface area contributed by atoms with Crippen molar-refractivity contribution in [2.45, 2.75) is 25.4 Å². The van der Waals surface area contributed by atoms with E-state index in [0.29, 0.717) is 22.0 Å². The van der Waals surface area contributed by atoms with Gasteiger partial charge >= 0.3 is 0 Å². The molecule has 1 aromatic carbocycles. The van der Waals surface area contributed by atoms with Gasteiger partial charge in [0.2, 0.25) is 0 Å². The number of benzene rings is 1. The lowest BCUT2D eigenvalue weighted by molar-refractivity contribution is 0.473. The van der Waals surface area contributed by atoms with Crippen LogP contribution < -0.4 is 10.1 Å². The number of hydrogen-bond acceptors (Lipinski definition) is 5. The SMILES string of the molecule is Clc1cccc(Oc2nnc(CNC3CC3)s2)c1. The van der Waals surface area contributed by atoms with Crippen molar-refractivity contribution in [3.8, 4) is 10.9 Å². The Bertz CT molecular complexity index is 542. The summed E-state index contributed by atoms with van der Waals surface area (Å²) < 4.78 is 5.59. The average Bonchev–Trinajstić information content (AvgIpc) is 3.08. The Morgan fingerprint density at radius 3 is 3.06 bits per heavy atom. The standard InChI is InChI=1S/C12H12ClN3OS/c13-8-2-1-3-10(6-8)17-12-16-15-11(18-12)7-14-9-4-5-9/h1-3,6,9,14H,4-5,7H2. The van der Waals surface area contributed by atoms with Gasteiger partial charge < -0.3 is 10.1 Å².